The molecule has 2 heterocycles. The third-order valence-electron chi connectivity index (χ3n) is 5.68. The maximum atomic E-state index is 11.6. The van der Waals surface area contributed by atoms with Gasteiger partial charge in [0.25, 0.3) is 11.9 Å². The van der Waals surface area contributed by atoms with Crippen LogP contribution in [0.1, 0.15) is 42.6 Å². The highest BCUT2D eigenvalue weighted by Crippen LogP contribution is 2.34. The maximum absolute atomic E-state index is 11.6. The molecule has 3 aromatic rings. The normalized spacial score (nSPS) is 15.0. The minimum atomic E-state index is -0.573. The molecule has 5 N–H and O–H groups in total. The molecule has 0 unspecified atom stereocenters. The number of likely N-dealkylation sites (tertiary alicyclic amines) is 1. The molecule has 4 rings (SSSR count). The van der Waals surface area contributed by atoms with Crippen LogP contribution in [0.4, 0.5) is 11.7 Å². The number of benzene rings is 2. The topological polar surface area (TPSA) is 129 Å². The van der Waals surface area contributed by atoms with Crippen LogP contribution < -0.4 is 26.3 Å². The third-order valence-corrected chi connectivity index (χ3v) is 5.68. The van der Waals surface area contributed by atoms with E-state index in [2.05, 4.69) is 21.3 Å². The van der Waals surface area contributed by atoms with Gasteiger partial charge in [-0.1, -0.05) is 0 Å². The Morgan fingerprint density at radius 2 is 1.91 bits per heavy atom. The van der Waals surface area contributed by atoms with Crippen LogP contribution >= 0.6 is 0 Å². The van der Waals surface area contributed by atoms with Gasteiger partial charge in [0, 0.05) is 25.7 Å². The first-order valence-corrected chi connectivity index (χ1v) is 11.3. The molecule has 0 aliphatic carbocycles. The van der Waals surface area contributed by atoms with Gasteiger partial charge in [0.15, 0.2) is 5.58 Å². The number of aromatic nitrogens is 1. The zero-order chi connectivity index (χ0) is 23.4. The SMILES string of the molecule is CCOc1cc(CN2CCC(Nc3nc4c(C(N)=O)[c]ccc4o3)CC2)cc(OCC)c1N. The van der Waals surface area contributed by atoms with Crippen molar-refractivity contribution in [1.82, 2.24) is 9.88 Å². The van der Waals surface area contributed by atoms with E-state index < -0.39 is 5.91 Å². The molecule has 0 atom stereocenters. The first-order chi connectivity index (χ1) is 16.0. The average Bonchev–Trinajstić information content (AvgIpc) is 3.21. The molecule has 33 heavy (non-hydrogen) atoms. The number of hydrogen-bond acceptors (Lipinski definition) is 8. The molecule has 1 aliphatic rings. The number of primary amides is 1. The predicted octanol–water partition coefficient (Wildman–Crippen LogP) is 3.18. The highest BCUT2D eigenvalue weighted by molar-refractivity contribution is 6.03. The molecule has 175 valence electrons. The van der Waals surface area contributed by atoms with Crippen molar-refractivity contribution in [3.05, 3.63) is 41.5 Å². The number of ether oxygens (including phenoxy) is 2. The molecule has 1 aliphatic heterocycles. The molecule has 9 heteroatoms. The molecule has 1 radical (unpaired) electrons. The van der Waals surface area contributed by atoms with Crippen molar-refractivity contribution in [3.63, 3.8) is 0 Å². The molecule has 0 spiro atoms. The molecule has 1 fully saturated rings. The number of nitrogens with two attached hydrogens (primary N) is 2. The van der Waals surface area contributed by atoms with Gasteiger partial charge in [0.2, 0.25) is 0 Å². The lowest BCUT2D eigenvalue weighted by Crippen LogP contribution is -2.38. The largest absolute Gasteiger partial charge is 0.492 e. The summed E-state index contributed by atoms with van der Waals surface area (Å²) in [6, 6.07) is 10.8. The lowest BCUT2D eigenvalue weighted by molar-refractivity contribution is 0.100. The Kier molecular flexibility index (Phi) is 6.88. The van der Waals surface area contributed by atoms with Crippen molar-refractivity contribution in [2.75, 3.05) is 37.4 Å². The van der Waals surface area contributed by atoms with Crippen molar-refractivity contribution in [3.8, 4) is 11.5 Å². The zero-order valence-electron chi connectivity index (χ0n) is 19.0. The second kappa shape index (κ2) is 9.99. The Balaban J connectivity index is 1.38. The minimum Gasteiger partial charge on any atom is -0.492 e. The lowest BCUT2D eigenvalue weighted by atomic mass is 10.0. The molecular formula is C24H30N5O4. The fourth-order valence-corrected chi connectivity index (χ4v) is 4.11. The summed E-state index contributed by atoms with van der Waals surface area (Å²) in [5, 5.41) is 3.35. The minimum absolute atomic E-state index is 0.222. The van der Waals surface area contributed by atoms with Crippen molar-refractivity contribution >= 4 is 28.7 Å². The Bertz CT molecular complexity index is 1090. The Morgan fingerprint density at radius 3 is 2.52 bits per heavy atom. The second-order valence-electron chi connectivity index (χ2n) is 8.02. The number of hydrogen-bond donors (Lipinski definition) is 3. The summed E-state index contributed by atoms with van der Waals surface area (Å²) in [7, 11) is 0. The van der Waals surface area contributed by atoms with E-state index in [0.717, 1.165) is 38.0 Å². The van der Waals surface area contributed by atoms with E-state index in [1.54, 1.807) is 12.1 Å². The van der Waals surface area contributed by atoms with Crippen LogP contribution in [-0.4, -0.2) is 48.1 Å². The number of rotatable bonds is 9. The number of oxazole rings is 1. The molecule has 0 bridgehead atoms. The Labute approximate surface area is 193 Å². The van der Waals surface area contributed by atoms with Crippen molar-refractivity contribution in [2.45, 2.75) is 39.3 Å². The highest BCUT2D eigenvalue weighted by Gasteiger charge is 2.22. The molecular weight excluding hydrogens is 422 g/mol. The van der Waals surface area contributed by atoms with Crippen LogP contribution in [0.3, 0.4) is 0 Å². The quantitative estimate of drug-likeness (QED) is 0.422. The fraction of sp³-hybridized carbons (Fsp3) is 0.417. The van der Waals surface area contributed by atoms with Crippen molar-refractivity contribution in [2.24, 2.45) is 5.73 Å². The molecule has 9 nitrogen and oxygen atoms in total. The van der Waals surface area contributed by atoms with Crippen molar-refractivity contribution < 1.29 is 18.7 Å². The molecule has 1 amide bonds. The first kappa shape index (κ1) is 22.7. The summed E-state index contributed by atoms with van der Waals surface area (Å²) < 4.78 is 17.2. The summed E-state index contributed by atoms with van der Waals surface area (Å²) in [5.74, 6) is 0.758. The predicted molar refractivity (Wildman–Crippen MR) is 126 cm³/mol. The number of fused-ring (bicyclic) bond motifs is 1. The first-order valence-electron chi connectivity index (χ1n) is 11.3. The third kappa shape index (κ3) is 5.14. The van der Waals surface area contributed by atoms with Crippen LogP contribution in [0.5, 0.6) is 11.5 Å². The van der Waals surface area contributed by atoms with Gasteiger partial charge in [-0.25, -0.2) is 0 Å². The number of nitrogens with zero attached hydrogens (tertiary/aromatic N) is 2. The zero-order valence-corrected chi connectivity index (χ0v) is 19.0. The van der Waals surface area contributed by atoms with Gasteiger partial charge in [-0.2, -0.15) is 4.98 Å². The van der Waals surface area contributed by atoms with Gasteiger partial charge < -0.3 is 30.7 Å². The summed E-state index contributed by atoms with van der Waals surface area (Å²) >= 11 is 0. The fourth-order valence-electron chi connectivity index (χ4n) is 4.11. The number of carbonyl (C=O) groups excluding carboxylic acids is 1. The molecule has 1 aromatic heterocycles. The van der Waals surface area contributed by atoms with E-state index >= 15 is 0 Å². The van der Waals surface area contributed by atoms with Crippen LogP contribution in [0.15, 0.2) is 28.7 Å². The van der Waals surface area contributed by atoms with Gasteiger partial charge >= 0.3 is 0 Å². The van der Waals surface area contributed by atoms with Crippen LogP contribution in [0, 0.1) is 6.07 Å². The summed E-state index contributed by atoms with van der Waals surface area (Å²) in [5.41, 5.74) is 14.4. The van der Waals surface area contributed by atoms with E-state index in [1.165, 1.54) is 0 Å². The molecule has 2 aromatic carbocycles. The maximum Gasteiger partial charge on any atom is 0.295 e. The van der Waals surface area contributed by atoms with Crippen LogP contribution in [-0.2, 0) is 6.54 Å². The highest BCUT2D eigenvalue weighted by atomic mass is 16.5. The van der Waals surface area contributed by atoms with E-state index in [1.807, 2.05) is 26.0 Å². The van der Waals surface area contributed by atoms with Crippen LogP contribution in [0.2, 0.25) is 0 Å². The van der Waals surface area contributed by atoms with E-state index in [0.29, 0.717) is 47.5 Å². The van der Waals surface area contributed by atoms with Crippen molar-refractivity contribution in [1.29, 1.82) is 0 Å². The number of carbonyl (C=O) groups is 1. The number of anilines is 2. The molecule has 0 saturated carbocycles. The Morgan fingerprint density at radius 1 is 1.24 bits per heavy atom. The summed E-state index contributed by atoms with van der Waals surface area (Å²) in [6.07, 6.45) is 1.86. The standard InChI is InChI=1S/C24H30N5O4/c1-3-31-19-12-15(13-20(21(19)25)32-4-2)14-29-10-8-16(9-11-29)27-24-28-22-17(23(26)30)6-5-7-18(22)33-24/h5,7,12-13,16H,3-4,8-11,14,25H2,1-2H3,(H2,26,30)(H,27,28). The summed E-state index contributed by atoms with van der Waals surface area (Å²) in [6.45, 7) is 7.58. The Hall–Kier alpha value is -3.46. The van der Waals surface area contributed by atoms with E-state index in [4.69, 9.17) is 25.4 Å². The van der Waals surface area contributed by atoms with Gasteiger partial charge in [-0.3, -0.25) is 9.69 Å². The monoisotopic (exact) mass is 452 g/mol. The van der Waals surface area contributed by atoms with E-state index in [9.17, 15) is 4.79 Å². The molecule has 1 saturated heterocycles. The van der Waals surface area contributed by atoms with Gasteiger partial charge in [0.1, 0.15) is 22.7 Å². The smallest absolute Gasteiger partial charge is 0.295 e. The van der Waals surface area contributed by atoms with Gasteiger partial charge in [-0.15, -0.1) is 0 Å². The number of piperidine rings is 1. The van der Waals surface area contributed by atoms with Gasteiger partial charge in [-0.05, 0) is 62.6 Å². The van der Waals surface area contributed by atoms with Crippen LogP contribution in [0.25, 0.3) is 11.1 Å². The number of amides is 1. The lowest BCUT2D eigenvalue weighted by Gasteiger charge is -2.32. The van der Waals surface area contributed by atoms with Gasteiger partial charge in [0.05, 0.1) is 18.8 Å². The number of nitrogens with one attached hydrogen (secondary N) is 1. The number of nitrogen functional groups attached to an aromatic ring is 1. The summed E-state index contributed by atoms with van der Waals surface area (Å²) in [4.78, 5) is 18.4. The van der Waals surface area contributed by atoms with E-state index in [-0.39, 0.29) is 11.6 Å². The second-order valence-corrected chi connectivity index (χ2v) is 8.02. The average molecular weight is 453 g/mol.